The molecule has 1 aromatic carbocycles. The van der Waals surface area contributed by atoms with Gasteiger partial charge in [0.2, 0.25) is 5.91 Å². The number of cyclic esters (lactones) is 1. The Balaban J connectivity index is 1.26. The maximum atomic E-state index is 14.6. The number of Topliss-reactive ketones (excluding diaryl/α,β-unsaturated/α-hetero) is 1. The van der Waals surface area contributed by atoms with Crippen LogP contribution in [-0.2, 0) is 9.53 Å². The first-order valence-corrected chi connectivity index (χ1v) is 11.3. The third-order valence-corrected chi connectivity index (χ3v) is 6.38. The van der Waals surface area contributed by atoms with Crippen molar-refractivity contribution in [1.29, 1.82) is 0 Å². The van der Waals surface area contributed by atoms with Gasteiger partial charge in [-0.05, 0) is 42.5 Å². The second kappa shape index (κ2) is 9.47. The predicted octanol–water partition coefficient (Wildman–Crippen LogP) is 3.59. The quantitative estimate of drug-likeness (QED) is 0.629. The molecule has 4 rings (SSSR count). The Morgan fingerprint density at radius 1 is 1.19 bits per heavy atom. The van der Waals surface area contributed by atoms with Crippen LogP contribution in [0.2, 0.25) is 0 Å². The highest BCUT2D eigenvalue weighted by Gasteiger charge is 2.33. The third kappa shape index (κ3) is 5.04. The van der Waals surface area contributed by atoms with Crippen LogP contribution in [-0.4, -0.2) is 50.1 Å². The van der Waals surface area contributed by atoms with Crippen molar-refractivity contribution in [1.82, 2.24) is 5.32 Å². The highest BCUT2D eigenvalue weighted by molar-refractivity contribution is 7.12. The van der Waals surface area contributed by atoms with Gasteiger partial charge >= 0.3 is 6.09 Å². The second-order valence-corrected chi connectivity index (χ2v) is 8.60. The molecule has 1 N–H and O–H groups in total. The van der Waals surface area contributed by atoms with Crippen LogP contribution in [0.3, 0.4) is 0 Å². The van der Waals surface area contributed by atoms with E-state index in [4.69, 9.17) is 4.74 Å². The van der Waals surface area contributed by atoms with Gasteiger partial charge in [-0.2, -0.15) is 0 Å². The maximum Gasteiger partial charge on any atom is 0.414 e. The monoisotopic (exact) mass is 445 g/mol. The van der Waals surface area contributed by atoms with Gasteiger partial charge in [0.05, 0.1) is 29.3 Å². The zero-order valence-electron chi connectivity index (χ0n) is 17.0. The van der Waals surface area contributed by atoms with Gasteiger partial charge in [-0.3, -0.25) is 14.5 Å². The Hall–Kier alpha value is -2.94. The molecule has 2 aliphatic heterocycles. The summed E-state index contributed by atoms with van der Waals surface area (Å²) in [7, 11) is 0. The molecule has 3 heterocycles. The van der Waals surface area contributed by atoms with Crippen LogP contribution in [0.15, 0.2) is 35.7 Å². The summed E-state index contributed by atoms with van der Waals surface area (Å²) in [5.41, 5.74) is 0.982. The Kier molecular flexibility index (Phi) is 6.50. The molecule has 2 amide bonds. The van der Waals surface area contributed by atoms with E-state index in [1.165, 1.54) is 22.3 Å². The van der Waals surface area contributed by atoms with Crippen LogP contribution < -0.4 is 15.1 Å². The molecule has 0 radical (unpaired) electrons. The summed E-state index contributed by atoms with van der Waals surface area (Å²) < 4.78 is 19.9. The molecule has 1 aromatic heterocycles. The van der Waals surface area contributed by atoms with E-state index < -0.39 is 12.2 Å². The summed E-state index contributed by atoms with van der Waals surface area (Å²) >= 11 is 1.35. The van der Waals surface area contributed by atoms with Crippen molar-refractivity contribution in [3.05, 3.63) is 46.4 Å². The van der Waals surface area contributed by atoms with Crippen LogP contribution >= 0.6 is 11.3 Å². The Labute approximate surface area is 183 Å². The molecule has 9 heteroatoms. The first-order valence-electron chi connectivity index (χ1n) is 10.4. The standard InChI is InChI=1S/C22H24FN3O4S/c23-17-12-15(5-6-18(17)25-9-1-2-10-25)26-14-16(30-22(26)29)13-24-21(28)8-7-19(27)20-4-3-11-31-20/h3-6,11-12,16H,1-2,7-10,13-14H2,(H,24,28)/t16-/m0/s1. The summed E-state index contributed by atoms with van der Waals surface area (Å²) in [5.74, 6) is -0.706. The van der Waals surface area contributed by atoms with Crippen LogP contribution in [0.25, 0.3) is 0 Å². The molecule has 164 valence electrons. The Morgan fingerprint density at radius 3 is 2.71 bits per heavy atom. The van der Waals surface area contributed by atoms with E-state index >= 15 is 0 Å². The van der Waals surface area contributed by atoms with Crippen molar-refractivity contribution in [2.45, 2.75) is 31.8 Å². The normalized spacial score (nSPS) is 18.4. The van der Waals surface area contributed by atoms with E-state index in [0.717, 1.165) is 25.9 Å². The smallest absolute Gasteiger partial charge is 0.414 e. The molecule has 7 nitrogen and oxygen atoms in total. The SMILES string of the molecule is O=C(CCC(=O)c1cccs1)NC[C@H]1CN(c2ccc(N3CCCC3)c(F)c2)C(=O)O1. The fourth-order valence-corrected chi connectivity index (χ4v) is 4.51. The van der Waals surface area contributed by atoms with Crippen LogP contribution in [0, 0.1) is 5.82 Å². The topological polar surface area (TPSA) is 79.0 Å². The van der Waals surface area contributed by atoms with Crippen LogP contribution in [0.5, 0.6) is 0 Å². The molecule has 2 aliphatic rings. The number of amides is 2. The first kappa shape index (κ1) is 21.3. The largest absolute Gasteiger partial charge is 0.442 e. The summed E-state index contributed by atoms with van der Waals surface area (Å²) in [6, 6.07) is 8.30. The molecule has 2 fully saturated rings. The van der Waals surface area contributed by atoms with Crippen molar-refractivity contribution in [3.63, 3.8) is 0 Å². The number of hydrogen-bond acceptors (Lipinski definition) is 6. The van der Waals surface area contributed by atoms with E-state index in [9.17, 15) is 18.8 Å². The molecule has 0 aliphatic carbocycles. The van der Waals surface area contributed by atoms with Crippen molar-refractivity contribution >= 4 is 40.5 Å². The molecule has 2 saturated heterocycles. The Morgan fingerprint density at radius 2 is 2.00 bits per heavy atom. The first-order chi connectivity index (χ1) is 15.0. The summed E-state index contributed by atoms with van der Waals surface area (Å²) in [4.78, 5) is 40.3. The third-order valence-electron chi connectivity index (χ3n) is 5.47. The summed E-state index contributed by atoms with van der Waals surface area (Å²) in [6.45, 7) is 2.03. The number of hydrogen-bond donors (Lipinski definition) is 1. The average Bonchev–Trinajstić information content (AvgIpc) is 3.52. The zero-order chi connectivity index (χ0) is 21.8. The lowest BCUT2D eigenvalue weighted by Gasteiger charge is -2.20. The fraction of sp³-hybridized carbons (Fsp3) is 0.409. The zero-order valence-corrected chi connectivity index (χ0v) is 17.8. The average molecular weight is 446 g/mol. The fourth-order valence-electron chi connectivity index (χ4n) is 3.82. The van der Waals surface area contributed by atoms with Crippen LogP contribution in [0.1, 0.15) is 35.4 Å². The molecular weight excluding hydrogens is 421 g/mol. The van der Waals surface area contributed by atoms with Crippen LogP contribution in [0.4, 0.5) is 20.6 Å². The van der Waals surface area contributed by atoms with Gasteiger partial charge in [0.15, 0.2) is 5.78 Å². The lowest BCUT2D eigenvalue weighted by Crippen LogP contribution is -2.34. The van der Waals surface area contributed by atoms with Crippen molar-refractivity contribution in [2.75, 3.05) is 36.0 Å². The van der Waals surface area contributed by atoms with Gasteiger partial charge in [0.25, 0.3) is 0 Å². The summed E-state index contributed by atoms with van der Waals surface area (Å²) in [5, 5.41) is 4.52. The molecular formula is C22H24FN3O4S. The van der Waals surface area contributed by atoms with E-state index in [1.807, 2.05) is 10.3 Å². The van der Waals surface area contributed by atoms with Gasteiger partial charge in [-0.1, -0.05) is 6.07 Å². The molecule has 0 unspecified atom stereocenters. The molecule has 31 heavy (non-hydrogen) atoms. The minimum atomic E-state index is -0.569. The lowest BCUT2D eigenvalue weighted by atomic mass is 10.2. The molecule has 0 spiro atoms. The number of nitrogens with zero attached hydrogens (tertiary/aromatic N) is 2. The number of ether oxygens (including phenoxy) is 1. The van der Waals surface area contributed by atoms with Gasteiger partial charge in [0, 0.05) is 25.9 Å². The predicted molar refractivity (Wildman–Crippen MR) is 116 cm³/mol. The molecule has 0 bridgehead atoms. The van der Waals surface area contributed by atoms with Crippen molar-refractivity contribution in [3.8, 4) is 0 Å². The van der Waals surface area contributed by atoms with Gasteiger partial charge in [0.1, 0.15) is 11.9 Å². The van der Waals surface area contributed by atoms with Gasteiger partial charge in [-0.15, -0.1) is 11.3 Å². The lowest BCUT2D eigenvalue weighted by molar-refractivity contribution is -0.121. The highest BCUT2D eigenvalue weighted by Crippen LogP contribution is 2.29. The number of benzene rings is 1. The maximum absolute atomic E-state index is 14.6. The number of nitrogens with one attached hydrogen (secondary N) is 1. The van der Waals surface area contributed by atoms with E-state index in [0.29, 0.717) is 16.3 Å². The number of ketones is 1. The minimum absolute atomic E-state index is 0.0666. The molecule has 1 atom stereocenters. The molecule has 0 saturated carbocycles. The van der Waals surface area contributed by atoms with E-state index in [1.54, 1.807) is 24.3 Å². The van der Waals surface area contributed by atoms with E-state index in [-0.39, 0.29) is 43.4 Å². The number of halogens is 1. The van der Waals surface area contributed by atoms with Gasteiger partial charge < -0.3 is 15.0 Å². The number of carbonyl (C=O) groups excluding carboxylic acids is 3. The van der Waals surface area contributed by atoms with Gasteiger partial charge in [-0.25, -0.2) is 9.18 Å². The number of carbonyl (C=O) groups is 3. The van der Waals surface area contributed by atoms with E-state index in [2.05, 4.69) is 5.32 Å². The number of thiophene rings is 1. The second-order valence-electron chi connectivity index (χ2n) is 7.65. The number of rotatable bonds is 8. The van der Waals surface area contributed by atoms with Crippen molar-refractivity contribution < 1.29 is 23.5 Å². The molecule has 2 aromatic rings. The number of anilines is 2. The Bertz CT molecular complexity index is 960. The minimum Gasteiger partial charge on any atom is -0.442 e. The summed E-state index contributed by atoms with van der Waals surface area (Å²) in [6.07, 6.45) is 1.20. The highest BCUT2D eigenvalue weighted by atomic mass is 32.1. The van der Waals surface area contributed by atoms with Crippen molar-refractivity contribution in [2.24, 2.45) is 0 Å².